The summed E-state index contributed by atoms with van der Waals surface area (Å²) in [4.78, 5) is 10.7. The van der Waals surface area contributed by atoms with Crippen LogP contribution >= 0.6 is 0 Å². The normalized spacial score (nSPS) is 23.6. The number of hydrogen-bond acceptors (Lipinski definition) is 2. The van der Waals surface area contributed by atoms with Crippen LogP contribution in [-0.2, 0) is 9.53 Å². The first-order valence-corrected chi connectivity index (χ1v) is 5.58. The zero-order valence-electron chi connectivity index (χ0n) is 8.87. The van der Waals surface area contributed by atoms with E-state index >= 15 is 0 Å². The molecule has 1 heterocycles. The van der Waals surface area contributed by atoms with Crippen molar-refractivity contribution in [3.05, 3.63) is 0 Å². The number of rotatable bonds is 6. The van der Waals surface area contributed by atoms with Crippen molar-refractivity contribution in [1.29, 1.82) is 0 Å². The molecule has 0 aromatic heterocycles. The van der Waals surface area contributed by atoms with Crippen LogP contribution in [-0.4, -0.2) is 23.8 Å². The lowest BCUT2D eigenvalue weighted by molar-refractivity contribution is -0.142. The van der Waals surface area contributed by atoms with Crippen LogP contribution < -0.4 is 0 Å². The van der Waals surface area contributed by atoms with Gasteiger partial charge < -0.3 is 9.84 Å². The topological polar surface area (TPSA) is 46.5 Å². The predicted molar refractivity (Wildman–Crippen MR) is 54.2 cm³/mol. The van der Waals surface area contributed by atoms with Crippen molar-refractivity contribution in [1.82, 2.24) is 0 Å². The molecule has 1 N–H and O–H groups in total. The fourth-order valence-electron chi connectivity index (χ4n) is 1.97. The number of carboxylic acid groups (broad SMARTS) is 1. The minimum absolute atomic E-state index is 0.156. The van der Waals surface area contributed by atoms with Gasteiger partial charge in [0.15, 0.2) is 0 Å². The number of carbonyl (C=O) groups is 1. The smallest absolute Gasteiger partial charge is 0.306 e. The summed E-state index contributed by atoms with van der Waals surface area (Å²) in [5.41, 5.74) is 0. The van der Waals surface area contributed by atoms with Crippen molar-refractivity contribution in [2.75, 3.05) is 6.61 Å². The molecule has 0 amide bonds. The molecule has 82 valence electrons. The van der Waals surface area contributed by atoms with Gasteiger partial charge in [0.05, 0.1) is 12.0 Å². The Balaban J connectivity index is 2.09. The molecule has 0 aromatic rings. The molecule has 0 saturated carbocycles. The first kappa shape index (κ1) is 11.5. The number of hydrogen-bond donors (Lipinski definition) is 1. The lowest BCUT2D eigenvalue weighted by Crippen LogP contribution is -2.13. The third kappa shape index (κ3) is 3.66. The van der Waals surface area contributed by atoms with Crippen molar-refractivity contribution in [2.45, 2.75) is 51.6 Å². The summed E-state index contributed by atoms with van der Waals surface area (Å²) in [6, 6.07) is 0. The van der Waals surface area contributed by atoms with Gasteiger partial charge in [-0.2, -0.15) is 0 Å². The van der Waals surface area contributed by atoms with Gasteiger partial charge in [0.2, 0.25) is 0 Å². The summed E-state index contributed by atoms with van der Waals surface area (Å²) in [5, 5.41) is 8.83. The van der Waals surface area contributed by atoms with Gasteiger partial charge in [-0.1, -0.05) is 13.3 Å². The third-order valence-electron chi connectivity index (χ3n) is 2.94. The van der Waals surface area contributed by atoms with E-state index in [1.807, 2.05) is 6.92 Å². The minimum Gasteiger partial charge on any atom is -0.481 e. The zero-order chi connectivity index (χ0) is 10.4. The molecular weight excluding hydrogens is 180 g/mol. The highest BCUT2D eigenvalue weighted by Gasteiger charge is 2.18. The Kier molecular flexibility index (Phi) is 4.94. The van der Waals surface area contributed by atoms with E-state index in [9.17, 15) is 4.79 Å². The Morgan fingerprint density at radius 1 is 1.64 bits per heavy atom. The van der Waals surface area contributed by atoms with E-state index in [0.717, 1.165) is 38.7 Å². The number of aliphatic carboxylic acids is 1. The molecule has 3 heteroatoms. The molecule has 0 aliphatic carbocycles. The largest absolute Gasteiger partial charge is 0.481 e. The Morgan fingerprint density at radius 3 is 2.93 bits per heavy atom. The van der Waals surface area contributed by atoms with Gasteiger partial charge in [0.25, 0.3) is 0 Å². The van der Waals surface area contributed by atoms with Gasteiger partial charge in [-0.3, -0.25) is 4.79 Å². The molecule has 0 spiro atoms. The molecule has 1 aliphatic rings. The molecule has 0 radical (unpaired) electrons. The molecule has 1 rings (SSSR count). The van der Waals surface area contributed by atoms with Gasteiger partial charge in [0, 0.05) is 6.61 Å². The van der Waals surface area contributed by atoms with Crippen LogP contribution in [0.3, 0.4) is 0 Å². The Hall–Kier alpha value is -0.570. The van der Waals surface area contributed by atoms with Crippen LogP contribution in [0.15, 0.2) is 0 Å². The minimum atomic E-state index is -0.653. The lowest BCUT2D eigenvalue weighted by atomic mass is 9.98. The number of carboxylic acids is 1. The molecule has 3 nitrogen and oxygen atoms in total. The van der Waals surface area contributed by atoms with Crippen molar-refractivity contribution in [2.24, 2.45) is 5.92 Å². The third-order valence-corrected chi connectivity index (χ3v) is 2.94. The highest BCUT2D eigenvalue weighted by atomic mass is 16.5. The maximum Gasteiger partial charge on any atom is 0.306 e. The summed E-state index contributed by atoms with van der Waals surface area (Å²) in [6.07, 6.45) is 6.28. The van der Waals surface area contributed by atoms with Crippen LogP contribution in [0.4, 0.5) is 0 Å². The van der Waals surface area contributed by atoms with E-state index in [-0.39, 0.29) is 5.92 Å². The van der Waals surface area contributed by atoms with E-state index in [1.54, 1.807) is 0 Å². The second-order valence-electron chi connectivity index (χ2n) is 4.01. The molecule has 1 fully saturated rings. The van der Waals surface area contributed by atoms with Crippen molar-refractivity contribution in [3.8, 4) is 0 Å². The van der Waals surface area contributed by atoms with Crippen LogP contribution in [0.2, 0.25) is 0 Å². The Bertz CT molecular complexity index is 173. The van der Waals surface area contributed by atoms with Crippen molar-refractivity contribution in [3.63, 3.8) is 0 Å². The van der Waals surface area contributed by atoms with Crippen LogP contribution in [0.25, 0.3) is 0 Å². The first-order chi connectivity index (χ1) is 6.74. The average Bonchev–Trinajstić information content (AvgIpc) is 2.64. The SMILES string of the molecule is CCC(CCCC1CCCO1)C(=O)O. The second kappa shape index (κ2) is 6.02. The monoisotopic (exact) mass is 200 g/mol. The summed E-state index contributed by atoms with van der Waals surface area (Å²) < 4.78 is 5.48. The average molecular weight is 200 g/mol. The predicted octanol–water partition coefficient (Wildman–Crippen LogP) is 2.45. The van der Waals surface area contributed by atoms with Gasteiger partial charge in [-0.15, -0.1) is 0 Å². The van der Waals surface area contributed by atoms with Gasteiger partial charge >= 0.3 is 5.97 Å². The van der Waals surface area contributed by atoms with E-state index in [0.29, 0.717) is 6.10 Å². The highest BCUT2D eigenvalue weighted by molar-refractivity contribution is 5.69. The molecule has 0 aromatic carbocycles. The maximum absolute atomic E-state index is 10.7. The van der Waals surface area contributed by atoms with Crippen LogP contribution in [0.5, 0.6) is 0 Å². The maximum atomic E-state index is 10.7. The molecular formula is C11H20O3. The molecule has 2 unspecified atom stereocenters. The summed E-state index contributed by atoms with van der Waals surface area (Å²) >= 11 is 0. The van der Waals surface area contributed by atoms with Crippen LogP contribution in [0.1, 0.15) is 45.4 Å². The Morgan fingerprint density at radius 2 is 2.43 bits per heavy atom. The van der Waals surface area contributed by atoms with Gasteiger partial charge in [0.1, 0.15) is 0 Å². The summed E-state index contributed by atoms with van der Waals surface area (Å²) in [6.45, 7) is 2.83. The quantitative estimate of drug-likeness (QED) is 0.716. The molecule has 2 atom stereocenters. The second-order valence-corrected chi connectivity index (χ2v) is 4.01. The molecule has 1 aliphatic heterocycles. The zero-order valence-corrected chi connectivity index (χ0v) is 8.87. The number of ether oxygens (including phenoxy) is 1. The summed E-state index contributed by atoms with van der Waals surface area (Å²) in [7, 11) is 0. The van der Waals surface area contributed by atoms with Gasteiger partial charge in [-0.25, -0.2) is 0 Å². The molecule has 0 bridgehead atoms. The molecule has 1 saturated heterocycles. The van der Waals surface area contributed by atoms with E-state index < -0.39 is 5.97 Å². The van der Waals surface area contributed by atoms with Crippen molar-refractivity contribution >= 4 is 5.97 Å². The summed E-state index contributed by atoms with van der Waals surface area (Å²) in [5.74, 6) is -0.809. The fourth-order valence-corrected chi connectivity index (χ4v) is 1.97. The fraction of sp³-hybridized carbons (Fsp3) is 0.909. The molecule has 14 heavy (non-hydrogen) atoms. The lowest BCUT2D eigenvalue weighted by Gasteiger charge is -2.12. The van der Waals surface area contributed by atoms with E-state index in [2.05, 4.69) is 0 Å². The van der Waals surface area contributed by atoms with E-state index in [1.165, 1.54) is 6.42 Å². The first-order valence-electron chi connectivity index (χ1n) is 5.58. The highest BCUT2D eigenvalue weighted by Crippen LogP contribution is 2.20. The standard InChI is InChI=1S/C11H20O3/c1-2-9(11(12)13)5-3-6-10-7-4-8-14-10/h9-10H,2-8H2,1H3,(H,12,13). The van der Waals surface area contributed by atoms with E-state index in [4.69, 9.17) is 9.84 Å². The van der Waals surface area contributed by atoms with Gasteiger partial charge in [-0.05, 0) is 32.1 Å². The van der Waals surface area contributed by atoms with Crippen molar-refractivity contribution < 1.29 is 14.6 Å². The Labute approximate surface area is 85.5 Å². The van der Waals surface area contributed by atoms with Crippen LogP contribution in [0, 0.1) is 5.92 Å².